The number of nitrogens with zero attached hydrogens (tertiary/aromatic N) is 3. The van der Waals surface area contributed by atoms with Gasteiger partial charge in [-0.05, 0) is 44.0 Å². The number of halogens is 1. The Morgan fingerprint density at radius 1 is 1.17 bits per heavy atom. The first-order valence-electron chi connectivity index (χ1n) is 9.93. The van der Waals surface area contributed by atoms with Gasteiger partial charge in [0.25, 0.3) is 5.89 Å². The lowest BCUT2D eigenvalue weighted by atomic mass is 9.94. The van der Waals surface area contributed by atoms with E-state index in [0.717, 1.165) is 28.8 Å². The second-order valence-corrected chi connectivity index (χ2v) is 7.38. The third-order valence-electron chi connectivity index (χ3n) is 5.18. The van der Waals surface area contributed by atoms with E-state index in [0.29, 0.717) is 23.8 Å². The average Bonchev–Trinajstić information content (AvgIpc) is 3.21. The predicted octanol–water partition coefficient (Wildman–Crippen LogP) is 5.09. The molecule has 0 spiro atoms. The number of rotatable bonds is 5. The maximum absolute atomic E-state index is 13.5. The van der Waals surface area contributed by atoms with E-state index < -0.39 is 6.04 Å². The Hall–Kier alpha value is -3.48. The molecule has 1 atom stereocenters. The zero-order chi connectivity index (χ0) is 21.3. The Morgan fingerprint density at radius 3 is 2.63 bits per heavy atom. The molecule has 0 fully saturated rings. The monoisotopic (exact) mass is 406 g/mol. The number of nitrogens with one attached hydrogen (secondary N) is 1. The minimum atomic E-state index is -0.517. The number of carbonyl (C=O) groups is 1. The first kappa shape index (κ1) is 19.8. The largest absolute Gasteiger partial charge is 0.334 e. The van der Waals surface area contributed by atoms with Crippen molar-refractivity contribution in [3.05, 3.63) is 77.1 Å². The maximum Gasteiger partial charge on any atom is 0.322 e. The molecular formula is C23H23FN4O2. The van der Waals surface area contributed by atoms with Gasteiger partial charge in [-0.25, -0.2) is 9.18 Å². The third kappa shape index (κ3) is 3.70. The van der Waals surface area contributed by atoms with Crippen LogP contribution in [0.3, 0.4) is 0 Å². The van der Waals surface area contributed by atoms with Crippen LogP contribution < -0.4 is 5.32 Å². The average molecular weight is 406 g/mol. The predicted molar refractivity (Wildman–Crippen MR) is 112 cm³/mol. The lowest BCUT2D eigenvalue weighted by Gasteiger charge is -2.35. The maximum atomic E-state index is 13.5. The molecule has 6 nitrogen and oxygen atoms in total. The van der Waals surface area contributed by atoms with Gasteiger partial charge in [0, 0.05) is 17.8 Å². The van der Waals surface area contributed by atoms with E-state index >= 15 is 0 Å². The summed E-state index contributed by atoms with van der Waals surface area (Å²) in [5.74, 6) is 0.473. The van der Waals surface area contributed by atoms with E-state index in [2.05, 4.69) is 15.5 Å². The molecule has 0 saturated carbocycles. The number of amides is 2. The standard InChI is InChI=1S/C23H23FN4O2/c1-4-12-28-15(3)19(20(25-23(28)29)16-8-10-18(24)11-9-16)22-26-21(27-30-22)17-7-5-6-14(2)13-17/h5-11,13,20H,4,12H2,1-3H3,(H,25,29). The Bertz CT molecular complexity index is 1100. The molecule has 1 N–H and O–H groups in total. The minimum absolute atomic E-state index is 0.203. The normalized spacial score (nSPS) is 16.7. The van der Waals surface area contributed by atoms with Crippen molar-refractivity contribution in [3.63, 3.8) is 0 Å². The second-order valence-electron chi connectivity index (χ2n) is 7.38. The van der Waals surface area contributed by atoms with Crippen LogP contribution in [0, 0.1) is 12.7 Å². The Balaban J connectivity index is 1.81. The van der Waals surface area contributed by atoms with Gasteiger partial charge >= 0.3 is 6.03 Å². The zero-order valence-corrected chi connectivity index (χ0v) is 17.1. The van der Waals surface area contributed by atoms with Crippen molar-refractivity contribution in [1.29, 1.82) is 0 Å². The number of aryl methyl sites for hydroxylation is 1. The highest BCUT2D eigenvalue weighted by Crippen LogP contribution is 2.37. The van der Waals surface area contributed by atoms with Crippen LogP contribution in [0.5, 0.6) is 0 Å². The molecule has 0 radical (unpaired) electrons. The van der Waals surface area contributed by atoms with E-state index in [1.54, 1.807) is 17.0 Å². The van der Waals surface area contributed by atoms with Crippen molar-refractivity contribution in [2.75, 3.05) is 6.54 Å². The van der Waals surface area contributed by atoms with E-state index in [9.17, 15) is 9.18 Å². The molecule has 2 heterocycles. The van der Waals surface area contributed by atoms with Gasteiger partial charge in [-0.1, -0.05) is 48.0 Å². The number of carbonyl (C=O) groups excluding carboxylic acids is 1. The topological polar surface area (TPSA) is 71.3 Å². The summed E-state index contributed by atoms with van der Waals surface area (Å²) < 4.78 is 19.1. The van der Waals surface area contributed by atoms with Gasteiger partial charge in [0.2, 0.25) is 5.82 Å². The van der Waals surface area contributed by atoms with Gasteiger partial charge < -0.3 is 9.84 Å². The number of aromatic nitrogens is 2. The summed E-state index contributed by atoms with van der Waals surface area (Å²) in [6.07, 6.45) is 0.803. The van der Waals surface area contributed by atoms with Crippen molar-refractivity contribution in [2.24, 2.45) is 0 Å². The number of hydrogen-bond acceptors (Lipinski definition) is 4. The summed E-state index contributed by atoms with van der Waals surface area (Å²) in [6, 6.07) is 13.2. The summed E-state index contributed by atoms with van der Waals surface area (Å²) in [6.45, 7) is 6.45. The Morgan fingerprint density at radius 2 is 1.93 bits per heavy atom. The second kappa shape index (κ2) is 8.10. The van der Waals surface area contributed by atoms with Crippen molar-refractivity contribution in [3.8, 4) is 11.4 Å². The van der Waals surface area contributed by atoms with Gasteiger partial charge in [0.15, 0.2) is 0 Å². The minimum Gasteiger partial charge on any atom is -0.334 e. The van der Waals surface area contributed by atoms with Crippen LogP contribution in [0.1, 0.15) is 43.3 Å². The number of allylic oxidation sites excluding steroid dienone is 1. The molecule has 4 rings (SSSR count). The fraction of sp³-hybridized carbons (Fsp3) is 0.261. The van der Waals surface area contributed by atoms with Crippen molar-refractivity contribution in [1.82, 2.24) is 20.4 Å². The number of hydrogen-bond donors (Lipinski definition) is 1. The van der Waals surface area contributed by atoms with E-state index in [-0.39, 0.29) is 11.8 Å². The quantitative estimate of drug-likeness (QED) is 0.641. The van der Waals surface area contributed by atoms with Crippen LogP contribution in [-0.2, 0) is 0 Å². The molecule has 1 aliphatic rings. The smallest absolute Gasteiger partial charge is 0.322 e. The highest BCUT2D eigenvalue weighted by Gasteiger charge is 2.35. The van der Waals surface area contributed by atoms with Crippen LogP contribution in [0.25, 0.3) is 17.0 Å². The number of urea groups is 1. The van der Waals surface area contributed by atoms with Crippen molar-refractivity contribution in [2.45, 2.75) is 33.2 Å². The molecule has 154 valence electrons. The third-order valence-corrected chi connectivity index (χ3v) is 5.18. The Kier molecular flexibility index (Phi) is 5.35. The lowest BCUT2D eigenvalue weighted by Crippen LogP contribution is -2.46. The summed E-state index contributed by atoms with van der Waals surface area (Å²) in [5, 5.41) is 7.16. The van der Waals surface area contributed by atoms with Crippen LogP contribution in [0.2, 0.25) is 0 Å². The van der Waals surface area contributed by atoms with Gasteiger partial charge in [-0.2, -0.15) is 4.98 Å². The summed E-state index contributed by atoms with van der Waals surface area (Å²) in [7, 11) is 0. The van der Waals surface area contributed by atoms with E-state index in [1.165, 1.54) is 12.1 Å². The zero-order valence-electron chi connectivity index (χ0n) is 17.1. The van der Waals surface area contributed by atoms with Crippen LogP contribution in [0.15, 0.2) is 58.8 Å². The van der Waals surface area contributed by atoms with Crippen molar-refractivity contribution < 1.29 is 13.7 Å². The molecule has 7 heteroatoms. The summed E-state index contributed by atoms with van der Waals surface area (Å²) in [5.41, 5.74) is 4.14. The van der Waals surface area contributed by atoms with Gasteiger partial charge in [-0.3, -0.25) is 4.90 Å². The molecule has 1 aliphatic heterocycles. The fourth-order valence-electron chi connectivity index (χ4n) is 3.69. The molecule has 1 aromatic heterocycles. The van der Waals surface area contributed by atoms with Crippen LogP contribution >= 0.6 is 0 Å². The van der Waals surface area contributed by atoms with Gasteiger partial charge in [-0.15, -0.1) is 0 Å². The SMILES string of the molecule is CCCN1C(=O)NC(c2ccc(F)cc2)C(c2nc(-c3cccc(C)c3)no2)=C1C. The lowest BCUT2D eigenvalue weighted by molar-refractivity contribution is 0.205. The van der Waals surface area contributed by atoms with E-state index in [1.807, 2.05) is 45.0 Å². The molecule has 2 amide bonds. The molecule has 1 unspecified atom stereocenters. The molecule has 0 saturated heterocycles. The molecule has 0 aliphatic carbocycles. The molecular weight excluding hydrogens is 383 g/mol. The molecule has 0 bridgehead atoms. The summed E-state index contributed by atoms with van der Waals surface area (Å²) in [4.78, 5) is 19.0. The van der Waals surface area contributed by atoms with Gasteiger partial charge in [0.05, 0.1) is 11.6 Å². The van der Waals surface area contributed by atoms with Crippen LogP contribution in [-0.4, -0.2) is 27.6 Å². The highest BCUT2D eigenvalue weighted by molar-refractivity contribution is 5.86. The summed E-state index contributed by atoms with van der Waals surface area (Å²) >= 11 is 0. The van der Waals surface area contributed by atoms with Crippen LogP contribution in [0.4, 0.5) is 9.18 Å². The molecule has 2 aromatic carbocycles. The van der Waals surface area contributed by atoms with Crippen molar-refractivity contribution >= 4 is 11.6 Å². The van der Waals surface area contributed by atoms with E-state index in [4.69, 9.17) is 4.52 Å². The number of benzene rings is 2. The first-order valence-corrected chi connectivity index (χ1v) is 9.93. The first-order chi connectivity index (χ1) is 14.5. The fourth-order valence-corrected chi connectivity index (χ4v) is 3.69. The highest BCUT2D eigenvalue weighted by atomic mass is 19.1. The molecule has 3 aromatic rings. The van der Waals surface area contributed by atoms with Gasteiger partial charge in [0.1, 0.15) is 5.82 Å². The molecule has 30 heavy (non-hydrogen) atoms. The Labute approximate surface area is 174 Å².